The van der Waals surface area contributed by atoms with Crippen molar-refractivity contribution in [3.63, 3.8) is 0 Å². The molecule has 1 saturated carbocycles. The Morgan fingerprint density at radius 1 is 1.33 bits per heavy atom. The van der Waals surface area contributed by atoms with Crippen LogP contribution in [0.5, 0.6) is 0 Å². The van der Waals surface area contributed by atoms with Crippen molar-refractivity contribution >= 4 is 26.7 Å². The van der Waals surface area contributed by atoms with E-state index in [4.69, 9.17) is 5.73 Å². The topological polar surface area (TPSA) is 43.1 Å². The molecule has 0 bridgehead atoms. The van der Waals surface area contributed by atoms with Crippen LogP contribution < -0.4 is 5.73 Å². The minimum Gasteiger partial charge on any atom is -0.327 e. The molecule has 4 unspecified atom stereocenters. The van der Waals surface area contributed by atoms with Gasteiger partial charge in [0.1, 0.15) is 0 Å². The smallest absolute Gasteiger partial charge is 0.0588 e. The lowest BCUT2D eigenvalue weighted by Crippen LogP contribution is -2.45. The van der Waals surface area contributed by atoms with E-state index in [0.29, 0.717) is 11.3 Å². The second kappa shape index (κ2) is 6.93. The van der Waals surface area contributed by atoms with E-state index in [1.165, 1.54) is 0 Å². The van der Waals surface area contributed by atoms with Crippen LogP contribution in [-0.4, -0.2) is 15.5 Å². The molecule has 0 radical (unpaired) electrons. The average Bonchev–Trinajstić information content (AvgIpc) is 2.47. The zero-order valence-corrected chi connectivity index (χ0v) is 15.5. The fraction of sp³-hybridized carbons (Fsp3) is 0.647. The van der Waals surface area contributed by atoms with Crippen molar-refractivity contribution in [1.29, 1.82) is 0 Å². The van der Waals surface area contributed by atoms with Gasteiger partial charge in [0.15, 0.2) is 0 Å². The summed E-state index contributed by atoms with van der Waals surface area (Å²) < 4.78 is 13.9. The van der Waals surface area contributed by atoms with E-state index in [1.807, 2.05) is 24.3 Å². The van der Waals surface area contributed by atoms with Crippen molar-refractivity contribution in [2.24, 2.45) is 17.1 Å². The largest absolute Gasteiger partial charge is 0.327 e. The third kappa shape index (κ3) is 3.77. The van der Waals surface area contributed by atoms with E-state index in [2.05, 4.69) is 36.7 Å². The van der Waals surface area contributed by atoms with Gasteiger partial charge in [-0.1, -0.05) is 39.3 Å². The number of hydrogen-bond acceptors (Lipinski definition) is 2. The first-order valence-corrected chi connectivity index (χ1v) is 9.78. The van der Waals surface area contributed by atoms with Crippen molar-refractivity contribution in [2.75, 3.05) is 0 Å². The number of nitrogens with two attached hydrogens (primary N) is 1. The third-order valence-corrected chi connectivity index (χ3v) is 8.02. The van der Waals surface area contributed by atoms with Crippen LogP contribution in [0.4, 0.5) is 0 Å². The van der Waals surface area contributed by atoms with Gasteiger partial charge in [-0.05, 0) is 58.7 Å². The lowest BCUT2D eigenvalue weighted by Gasteiger charge is -2.41. The van der Waals surface area contributed by atoms with Gasteiger partial charge in [0.2, 0.25) is 0 Å². The van der Waals surface area contributed by atoms with Crippen LogP contribution in [-0.2, 0) is 10.8 Å². The Balaban J connectivity index is 2.21. The van der Waals surface area contributed by atoms with Crippen LogP contribution in [0.1, 0.15) is 46.5 Å². The van der Waals surface area contributed by atoms with Crippen LogP contribution in [0.25, 0.3) is 0 Å². The summed E-state index contributed by atoms with van der Waals surface area (Å²) in [6, 6.07) is 7.84. The summed E-state index contributed by atoms with van der Waals surface area (Å²) in [5.41, 5.74) is 6.61. The second-order valence-corrected chi connectivity index (χ2v) is 9.28. The van der Waals surface area contributed by atoms with Crippen LogP contribution in [0, 0.1) is 11.3 Å². The Bertz CT molecular complexity index is 517. The standard InChI is InChI=1S/C17H26BrNOS/c1-4-17(2,3)12-9-10-14(19)16(11-12)21(20)15-8-6-5-7-13(15)18/h5-8,12,14,16H,4,9-11,19H2,1-3H3. The Morgan fingerprint density at radius 2 is 2.00 bits per heavy atom. The average molecular weight is 372 g/mol. The maximum atomic E-state index is 13.0. The maximum absolute atomic E-state index is 13.0. The van der Waals surface area contributed by atoms with Gasteiger partial charge in [-0.2, -0.15) is 0 Å². The number of benzene rings is 1. The molecule has 4 heteroatoms. The SMILES string of the molecule is CCC(C)(C)C1CCC(N)C(S(=O)c2ccccc2Br)C1. The molecular formula is C17H26BrNOS. The molecule has 2 nitrogen and oxygen atoms in total. The minimum absolute atomic E-state index is 0.0434. The molecule has 2 rings (SSSR count). The van der Waals surface area contributed by atoms with E-state index in [9.17, 15) is 4.21 Å². The van der Waals surface area contributed by atoms with E-state index >= 15 is 0 Å². The van der Waals surface area contributed by atoms with Gasteiger partial charge in [-0.3, -0.25) is 4.21 Å². The van der Waals surface area contributed by atoms with Gasteiger partial charge >= 0.3 is 0 Å². The van der Waals surface area contributed by atoms with Gasteiger partial charge in [0, 0.05) is 10.5 Å². The van der Waals surface area contributed by atoms with Crippen LogP contribution >= 0.6 is 15.9 Å². The number of halogens is 1. The fourth-order valence-corrected chi connectivity index (χ4v) is 5.59. The molecule has 0 spiro atoms. The predicted octanol–water partition coefficient (Wildman–Crippen LogP) is 4.49. The van der Waals surface area contributed by atoms with Crippen LogP contribution in [0.15, 0.2) is 33.6 Å². The molecule has 4 atom stereocenters. The zero-order chi connectivity index (χ0) is 15.6. The Labute approximate surface area is 139 Å². The molecule has 21 heavy (non-hydrogen) atoms. The molecule has 1 aromatic carbocycles. The second-order valence-electron chi connectivity index (χ2n) is 6.78. The maximum Gasteiger partial charge on any atom is 0.0588 e. The Morgan fingerprint density at radius 3 is 2.62 bits per heavy atom. The van der Waals surface area contributed by atoms with E-state index < -0.39 is 10.8 Å². The van der Waals surface area contributed by atoms with Crippen molar-refractivity contribution in [1.82, 2.24) is 0 Å². The summed E-state index contributed by atoms with van der Waals surface area (Å²) in [5, 5.41) is 0.0632. The molecule has 0 aliphatic heterocycles. The summed E-state index contributed by atoms with van der Waals surface area (Å²) in [5.74, 6) is 0.610. The van der Waals surface area contributed by atoms with Gasteiger partial charge in [-0.25, -0.2) is 0 Å². The van der Waals surface area contributed by atoms with Crippen molar-refractivity contribution < 1.29 is 4.21 Å². The first kappa shape index (κ1) is 17.2. The highest BCUT2D eigenvalue weighted by molar-refractivity contribution is 9.10. The zero-order valence-electron chi connectivity index (χ0n) is 13.1. The molecule has 2 N–H and O–H groups in total. The van der Waals surface area contributed by atoms with Crippen LogP contribution in [0.3, 0.4) is 0 Å². The summed E-state index contributed by atoms with van der Waals surface area (Å²) in [6.07, 6.45) is 4.26. The highest BCUT2D eigenvalue weighted by atomic mass is 79.9. The van der Waals surface area contributed by atoms with Gasteiger partial charge in [0.25, 0.3) is 0 Å². The normalized spacial score (nSPS) is 28.3. The Kier molecular flexibility index (Phi) is 5.66. The monoisotopic (exact) mass is 371 g/mol. The first-order valence-electron chi connectivity index (χ1n) is 7.77. The summed E-state index contributed by atoms with van der Waals surface area (Å²) in [6.45, 7) is 6.90. The molecule has 118 valence electrons. The quantitative estimate of drug-likeness (QED) is 0.846. The van der Waals surface area contributed by atoms with Crippen molar-refractivity contribution in [2.45, 2.75) is 62.6 Å². The fourth-order valence-electron chi connectivity index (χ4n) is 3.17. The third-order valence-electron chi connectivity index (χ3n) is 5.19. The molecular weight excluding hydrogens is 346 g/mol. The van der Waals surface area contributed by atoms with Crippen LogP contribution in [0.2, 0.25) is 0 Å². The van der Waals surface area contributed by atoms with E-state index in [0.717, 1.165) is 35.1 Å². The lowest BCUT2D eigenvalue weighted by atomic mass is 9.69. The molecule has 0 amide bonds. The minimum atomic E-state index is -1.04. The summed E-state index contributed by atoms with van der Waals surface area (Å²) in [4.78, 5) is 0.882. The molecule has 1 aromatic rings. The van der Waals surface area contributed by atoms with Crippen molar-refractivity contribution in [3.05, 3.63) is 28.7 Å². The highest BCUT2D eigenvalue weighted by Crippen LogP contribution is 2.42. The van der Waals surface area contributed by atoms with E-state index in [1.54, 1.807) is 0 Å². The first-order chi connectivity index (χ1) is 9.86. The number of rotatable bonds is 4. The molecule has 0 aromatic heterocycles. The van der Waals surface area contributed by atoms with Gasteiger partial charge < -0.3 is 5.73 Å². The Hall–Kier alpha value is -0.190. The van der Waals surface area contributed by atoms with E-state index in [-0.39, 0.29) is 11.3 Å². The summed E-state index contributed by atoms with van der Waals surface area (Å²) >= 11 is 3.52. The van der Waals surface area contributed by atoms with Gasteiger partial charge in [-0.15, -0.1) is 0 Å². The van der Waals surface area contributed by atoms with Crippen molar-refractivity contribution in [3.8, 4) is 0 Å². The molecule has 0 heterocycles. The summed E-state index contributed by atoms with van der Waals surface area (Å²) in [7, 11) is -1.04. The molecule has 1 aliphatic rings. The molecule has 1 aliphatic carbocycles. The predicted molar refractivity (Wildman–Crippen MR) is 93.7 cm³/mol. The highest BCUT2D eigenvalue weighted by Gasteiger charge is 2.39. The lowest BCUT2D eigenvalue weighted by molar-refractivity contribution is 0.147. The van der Waals surface area contributed by atoms with Gasteiger partial charge in [0.05, 0.1) is 20.9 Å². The molecule has 0 saturated heterocycles. The molecule has 1 fully saturated rings. The number of hydrogen-bond donors (Lipinski definition) is 1.